The van der Waals surface area contributed by atoms with Gasteiger partial charge in [-0.2, -0.15) is 0 Å². The Hall–Kier alpha value is -2.04. The fraction of sp³-hybridized carbons (Fsp3) is 0.600. The van der Waals surface area contributed by atoms with E-state index in [1.165, 1.54) is 0 Å². The van der Waals surface area contributed by atoms with Gasteiger partial charge in [0.25, 0.3) is 0 Å². The van der Waals surface area contributed by atoms with Crippen molar-refractivity contribution in [2.24, 2.45) is 11.3 Å². The highest BCUT2D eigenvalue weighted by molar-refractivity contribution is 5.85. The molecule has 0 aromatic heterocycles. The zero-order valence-electron chi connectivity index (χ0n) is 15.4. The number of benzene rings is 1. The van der Waals surface area contributed by atoms with Crippen LogP contribution in [0.4, 0.5) is 4.79 Å². The summed E-state index contributed by atoms with van der Waals surface area (Å²) in [6.07, 6.45) is 4.05. The molecule has 0 aliphatic heterocycles. The average molecular weight is 347 g/mol. The molecule has 1 amide bonds. The van der Waals surface area contributed by atoms with Crippen LogP contribution >= 0.6 is 0 Å². The molecule has 138 valence electrons. The highest BCUT2D eigenvalue weighted by Crippen LogP contribution is 2.43. The number of rotatable bonds is 5. The zero-order valence-corrected chi connectivity index (χ0v) is 15.4. The highest BCUT2D eigenvalue weighted by Gasteiger charge is 2.55. The van der Waals surface area contributed by atoms with Crippen LogP contribution in [0, 0.1) is 11.3 Å². The topological polar surface area (TPSA) is 75.6 Å². The van der Waals surface area contributed by atoms with E-state index in [4.69, 9.17) is 4.74 Å². The summed E-state index contributed by atoms with van der Waals surface area (Å²) in [4.78, 5) is 24.7. The number of hydrogen-bond donors (Lipinski definition) is 2. The summed E-state index contributed by atoms with van der Waals surface area (Å²) in [5.41, 5.74) is -1.10. The van der Waals surface area contributed by atoms with Gasteiger partial charge in [0.1, 0.15) is 12.1 Å². The SMILES string of the molecule is CC(C)(C)C(NC(=O)OCc1ccccc1)(C(=O)O)C1CCCCC1. The fourth-order valence-corrected chi connectivity index (χ4v) is 3.91. The third-order valence-corrected chi connectivity index (χ3v) is 5.25. The third-order valence-electron chi connectivity index (χ3n) is 5.25. The van der Waals surface area contributed by atoms with Gasteiger partial charge in [-0.25, -0.2) is 9.59 Å². The van der Waals surface area contributed by atoms with Gasteiger partial charge in [-0.1, -0.05) is 70.4 Å². The van der Waals surface area contributed by atoms with Crippen LogP contribution in [0.25, 0.3) is 0 Å². The lowest BCUT2D eigenvalue weighted by Crippen LogP contribution is -2.67. The molecule has 1 aromatic carbocycles. The molecule has 1 aliphatic carbocycles. The smallest absolute Gasteiger partial charge is 0.408 e. The largest absolute Gasteiger partial charge is 0.479 e. The quantitative estimate of drug-likeness (QED) is 0.829. The van der Waals surface area contributed by atoms with Crippen molar-refractivity contribution in [1.29, 1.82) is 0 Å². The Bertz CT molecular complexity index is 587. The number of hydrogen-bond acceptors (Lipinski definition) is 3. The van der Waals surface area contributed by atoms with Gasteiger partial charge in [0.2, 0.25) is 0 Å². The van der Waals surface area contributed by atoms with Crippen LogP contribution in [0.5, 0.6) is 0 Å². The minimum absolute atomic E-state index is 0.0944. The average Bonchev–Trinajstić information content (AvgIpc) is 2.58. The maximum atomic E-state index is 12.4. The van der Waals surface area contributed by atoms with Gasteiger partial charge in [-0.05, 0) is 29.7 Å². The third kappa shape index (κ3) is 4.33. The summed E-state index contributed by atoms with van der Waals surface area (Å²) < 4.78 is 5.31. The molecule has 1 atom stereocenters. The van der Waals surface area contributed by atoms with E-state index < -0.39 is 23.0 Å². The Balaban J connectivity index is 2.17. The summed E-state index contributed by atoms with van der Waals surface area (Å²) in [6, 6.07) is 9.36. The molecular formula is C20H29NO4. The van der Waals surface area contributed by atoms with Gasteiger partial charge in [-0.3, -0.25) is 0 Å². The van der Waals surface area contributed by atoms with E-state index in [0.717, 1.165) is 37.7 Å². The van der Waals surface area contributed by atoms with Gasteiger partial charge in [0.05, 0.1) is 0 Å². The molecule has 2 N–H and O–H groups in total. The molecule has 5 heteroatoms. The lowest BCUT2D eigenvalue weighted by atomic mass is 9.62. The first-order valence-electron chi connectivity index (χ1n) is 8.99. The second-order valence-corrected chi connectivity index (χ2v) is 7.88. The molecule has 1 aliphatic rings. The molecule has 0 spiro atoms. The molecule has 1 saturated carbocycles. The van der Waals surface area contributed by atoms with Crippen LogP contribution in [0.2, 0.25) is 0 Å². The first kappa shape index (κ1) is 19.3. The van der Waals surface area contributed by atoms with Crippen molar-refractivity contribution < 1.29 is 19.4 Å². The first-order valence-corrected chi connectivity index (χ1v) is 8.99. The number of nitrogens with one attached hydrogen (secondary N) is 1. The Morgan fingerprint density at radius 1 is 1.12 bits per heavy atom. The van der Waals surface area contributed by atoms with E-state index in [-0.39, 0.29) is 12.5 Å². The lowest BCUT2D eigenvalue weighted by Gasteiger charge is -2.47. The summed E-state index contributed by atoms with van der Waals surface area (Å²) in [5.74, 6) is -1.08. The molecular weight excluding hydrogens is 318 g/mol. The van der Waals surface area contributed by atoms with Gasteiger partial charge in [-0.15, -0.1) is 0 Å². The number of amides is 1. The molecule has 0 bridgehead atoms. The molecule has 5 nitrogen and oxygen atoms in total. The van der Waals surface area contributed by atoms with Crippen molar-refractivity contribution >= 4 is 12.1 Å². The summed E-state index contributed by atoms with van der Waals surface area (Å²) in [6.45, 7) is 5.73. The monoisotopic (exact) mass is 347 g/mol. The Labute approximate surface area is 149 Å². The molecule has 2 rings (SSSR count). The van der Waals surface area contributed by atoms with Crippen molar-refractivity contribution in [3.8, 4) is 0 Å². The van der Waals surface area contributed by atoms with E-state index in [9.17, 15) is 14.7 Å². The normalized spacial score (nSPS) is 18.2. The van der Waals surface area contributed by atoms with Crippen LogP contribution in [-0.2, 0) is 16.1 Å². The van der Waals surface area contributed by atoms with Crippen molar-refractivity contribution in [2.45, 2.75) is 65.0 Å². The molecule has 0 saturated heterocycles. The molecule has 1 fully saturated rings. The van der Waals surface area contributed by atoms with Crippen LogP contribution in [0.15, 0.2) is 30.3 Å². The maximum Gasteiger partial charge on any atom is 0.408 e. The standard InChI is InChI=1S/C20H29NO4/c1-19(2,3)20(17(22)23,16-12-8-5-9-13-16)21-18(24)25-14-15-10-6-4-7-11-15/h4,6-7,10-11,16H,5,8-9,12-14H2,1-3H3,(H,21,24)(H,22,23). The van der Waals surface area contributed by atoms with Crippen molar-refractivity contribution in [1.82, 2.24) is 5.32 Å². The fourth-order valence-electron chi connectivity index (χ4n) is 3.91. The minimum atomic E-state index is -1.33. The summed E-state index contributed by atoms with van der Waals surface area (Å²) in [5, 5.41) is 12.8. The van der Waals surface area contributed by atoms with Gasteiger partial charge < -0.3 is 15.2 Å². The maximum absolute atomic E-state index is 12.4. The Morgan fingerprint density at radius 3 is 2.24 bits per heavy atom. The molecule has 0 radical (unpaired) electrons. The number of aliphatic carboxylic acids is 1. The predicted octanol–water partition coefficient (Wildman–Crippen LogP) is 4.36. The summed E-state index contributed by atoms with van der Waals surface area (Å²) in [7, 11) is 0. The number of carbonyl (C=O) groups is 2. The first-order chi connectivity index (χ1) is 11.8. The zero-order chi connectivity index (χ0) is 18.5. The highest BCUT2D eigenvalue weighted by atomic mass is 16.5. The molecule has 1 unspecified atom stereocenters. The van der Waals surface area contributed by atoms with Crippen molar-refractivity contribution in [3.63, 3.8) is 0 Å². The molecule has 25 heavy (non-hydrogen) atoms. The van der Waals surface area contributed by atoms with Crippen molar-refractivity contribution in [3.05, 3.63) is 35.9 Å². The summed E-state index contributed by atoms with van der Waals surface area (Å²) >= 11 is 0. The van der Waals surface area contributed by atoms with Gasteiger partial charge >= 0.3 is 12.1 Å². The van der Waals surface area contributed by atoms with Crippen LogP contribution in [0.3, 0.4) is 0 Å². The Morgan fingerprint density at radius 2 is 1.72 bits per heavy atom. The van der Waals surface area contributed by atoms with Crippen LogP contribution < -0.4 is 5.32 Å². The van der Waals surface area contributed by atoms with E-state index in [1.807, 2.05) is 51.1 Å². The van der Waals surface area contributed by atoms with Gasteiger partial charge in [0, 0.05) is 0 Å². The van der Waals surface area contributed by atoms with Crippen molar-refractivity contribution in [2.75, 3.05) is 0 Å². The number of carboxylic acid groups (broad SMARTS) is 1. The number of carbonyl (C=O) groups excluding carboxylic acids is 1. The number of ether oxygens (including phenoxy) is 1. The van der Waals surface area contributed by atoms with Crippen LogP contribution in [0.1, 0.15) is 58.4 Å². The second-order valence-electron chi connectivity index (χ2n) is 7.88. The molecule has 0 heterocycles. The van der Waals surface area contributed by atoms with E-state index in [1.54, 1.807) is 0 Å². The van der Waals surface area contributed by atoms with E-state index >= 15 is 0 Å². The Kier molecular flexibility index (Phi) is 6.09. The van der Waals surface area contributed by atoms with Gasteiger partial charge in [0.15, 0.2) is 0 Å². The lowest BCUT2D eigenvalue weighted by molar-refractivity contribution is -0.154. The predicted molar refractivity (Wildman–Crippen MR) is 96.2 cm³/mol. The van der Waals surface area contributed by atoms with Crippen LogP contribution in [-0.4, -0.2) is 22.7 Å². The number of carboxylic acids is 1. The second kappa shape index (κ2) is 7.89. The number of alkyl carbamates (subject to hydrolysis) is 1. The molecule has 1 aromatic rings. The van der Waals surface area contributed by atoms with E-state index in [2.05, 4.69) is 5.32 Å². The van der Waals surface area contributed by atoms with E-state index in [0.29, 0.717) is 0 Å². The minimum Gasteiger partial charge on any atom is -0.479 e.